The van der Waals surface area contributed by atoms with Crippen LogP contribution < -0.4 is 4.85 Å². The lowest BCUT2D eigenvalue weighted by atomic mass is 9.90. The number of aromatic nitrogens is 4. The maximum Gasteiger partial charge on any atom is 0.254 e. The molecule has 2 heterocycles. The summed E-state index contributed by atoms with van der Waals surface area (Å²) in [6, 6.07) is 32.0. The Kier molecular flexibility index (Phi) is 6.68. The van der Waals surface area contributed by atoms with Gasteiger partial charge in [-0.2, -0.15) is 0 Å². The molecule has 1 aliphatic rings. The van der Waals surface area contributed by atoms with Crippen molar-refractivity contribution in [3.05, 3.63) is 141 Å². The van der Waals surface area contributed by atoms with Crippen molar-refractivity contribution < 1.29 is 14.4 Å². The number of hydrogen-bond acceptors (Lipinski definition) is 6. The molecule has 0 atom stereocenters. The molecule has 2 aromatic heterocycles. The van der Waals surface area contributed by atoms with Gasteiger partial charge in [-0.15, -0.1) is 20.9 Å². The maximum atomic E-state index is 13.1. The molecule has 4 aromatic carbocycles. The molecule has 7 nitrogen and oxygen atoms in total. The van der Waals surface area contributed by atoms with Gasteiger partial charge in [0.2, 0.25) is 11.6 Å². The number of nitrogens with zero attached hydrogens (tertiary/aromatic N) is 4. The van der Waals surface area contributed by atoms with Crippen LogP contribution >= 0.6 is 11.3 Å². The van der Waals surface area contributed by atoms with Gasteiger partial charge in [-0.25, -0.2) is 4.98 Å². The molecule has 6 aromatic rings. The zero-order chi connectivity index (χ0) is 28.6. The van der Waals surface area contributed by atoms with E-state index in [4.69, 9.17) is 4.98 Å². The first kappa shape index (κ1) is 26.0. The fraction of sp³-hybridized carbons (Fsp3) is 0.147. The number of carbonyl (C=O) groups is 2. The average molecular weight is 571 g/mol. The van der Waals surface area contributed by atoms with Crippen LogP contribution in [0.4, 0.5) is 0 Å². The summed E-state index contributed by atoms with van der Waals surface area (Å²) in [6.07, 6.45) is 3.31. The highest BCUT2D eigenvalue weighted by Gasteiger charge is 2.41. The molecule has 206 valence electrons. The first-order valence-corrected chi connectivity index (χ1v) is 14.8. The zero-order valence-electron chi connectivity index (χ0n) is 22.7. The summed E-state index contributed by atoms with van der Waals surface area (Å²) in [5.74, 6) is -0.802. The van der Waals surface area contributed by atoms with E-state index in [-0.39, 0.29) is 27.6 Å². The maximum absolute atomic E-state index is 13.1. The van der Waals surface area contributed by atoms with Gasteiger partial charge >= 0.3 is 0 Å². The predicted octanol–water partition coefficient (Wildman–Crippen LogP) is 5.99. The number of fused-ring (bicyclic) bond motifs is 3. The molecule has 0 saturated carbocycles. The molecular weight excluding hydrogens is 544 g/mol. The number of rotatable bonds is 8. The van der Waals surface area contributed by atoms with Gasteiger partial charge in [0, 0.05) is 17.5 Å². The molecule has 0 saturated heterocycles. The monoisotopic (exact) mass is 570 g/mol. The number of benzene rings is 4. The van der Waals surface area contributed by atoms with E-state index in [0.717, 1.165) is 46.5 Å². The number of ketones is 2. The third kappa shape index (κ3) is 4.80. The van der Waals surface area contributed by atoms with Gasteiger partial charge in [0.1, 0.15) is 6.54 Å². The van der Waals surface area contributed by atoms with Crippen LogP contribution in [0.2, 0.25) is 0 Å². The molecule has 0 unspecified atom stereocenters. The van der Waals surface area contributed by atoms with Crippen LogP contribution in [0.25, 0.3) is 21.3 Å². The van der Waals surface area contributed by atoms with Crippen molar-refractivity contribution >= 4 is 33.1 Å². The van der Waals surface area contributed by atoms with Crippen molar-refractivity contribution in [3.63, 3.8) is 0 Å². The Morgan fingerprint density at radius 1 is 0.738 bits per heavy atom. The second-order valence-corrected chi connectivity index (χ2v) is 11.6. The zero-order valence-corrected chi connectivity index (χ0v) is 23.5. The van der Waals surface area contributed by atoms with Gasteiger partial charge in [-0.1, -0.05) is 84.9 Å². The summed E-state index contributed by atoms with van der Waals surface area (Å²) in [4.78, 5) is 31.1. The third-order valence-corrected chi connectivity index (χ3v) is 8.83. The van der Waals surface area contributed by atoms with E-state index in [1.807, 2.05) is 6.07 Å². The van der Waals surface area contributed by atoms with Crippen LogP contribution in [0.1, 0.15) is 54.7 Å². The normalized spacial score (nSPS) is 12.5. The molecule has 42 heavy (non-hydrogen) atoms. The standard InChI is InChI=1S/C34H26N4O3S/c39-33-26-10-4-5-11-27(26)34(40)32-31(33)37(36-38(32)41)20-6-9-23-12-15-24(16-13-23)25-17-18-29-28(21-25)35-30(42-29)19-14-22-7-2-1-3-8-22/h1-5,7-8,10-13,15-18,21H,6,9,14,19-20H2. The van der Waals surface area contributed by atoms with E-state index in [0.29, 0.717) is 18.5 Å². The second-order valence-electron chi connectivity index (χ2n) is 10.5. The van der Waals surface area contributed by atoms with Gasteiger partial charge in [-0.05, 0) is 53.6 Å². The number of carbonyl (C=O) groups excluding carboxylic acids is 2. The lowest BCUT2D eigenvalue weighted by Gasteiger charge is -2.11. The van der Waals surface area contributed by atoms with Crippen molar-refractivity contribution in [2.45, 2.75) is 32.2 Å². The van der Waals surface area contributed by atoms with Crippen molar-refractivity contribution in [2.24, 2.45) is 0 Å². The van der Waals surface area contributed by atoms with E-state index < -0.39 is 5.78 Å². The SMILES string of the molecule is O=C1c2ccccc2C(=O)c2c1n(CCCc1ccc(-c3ccc4sc(CCc5ccccc5)nc4c3)cc1)n[n+]2[O-]. The van der Waals surface area contributed by atoms with Crippen LogP contribution in [0.3, 0.4) is 0 Å². The first-order valence-electron chi connectivity index (χ1n) is 14.0. The molecule has 0 radical (unpaired) electrons. The number of aryl methyl sites for hydroxylation is 4. The predicted molar refractivity (Wildman–Crippen MR) is 162 cm³/mol. The van der Waals surface area contributed by atoms with Crippen LogP contribution in [0, 0.1) is 5.21 Å². The minimum atomic E-state index is -0.462. The Bertz CT molecular complexity index is 1960. The summed E-state index contributed by atoms with van der Waals surface area (Å²) in [7, 11) is 0. The number of hydrogen-bond donors (Lipinski definition) is 0. The Hall–Kier alpha value is -4.95. The minimum Gasteiger partial charge on any atom is -0.691 e. The van der Waals surface area contributed by atoms with Crippen molar-refractivity contribution in [1.29, 1.82) is 0 Å². The van der Waals surface area contributed by atoms with Crippen LogP contribution in [-0.2, 0) is 25.8 Å². The molecule has 1 aliphatic carbocycles. The Labute approximate surface area is 246 Å². The summed E-state index contributed by atoms with van der Waals surface area (Å²) in [5, 5.41) is 17.5. The van der Waals surface area contributed by atoms with Crippen molar-refractivity contribution in [1.82, 2.24) is 14.9 Å². The molecule has 0 spiro atoms. The topological polar surface area (TPSA) is 91.8 Å². The lowest BCUT2D eigenvalue weighted by molar-refractivity contribution is -0.672. The third-order valence-electron chi connectivity index (χ3n) is 7.73. The highest BCUT2D eigenvalue weighted by atomic mass is 32.1. The van der Waals surface area contributed by atoms with Gasteiger partial charge < -0.3 is 5.21 Å². The van der Waals surface area contributed by atoms with E-state index in [9.17, 15) is 14.8 Å². The first-order chi connectivity index (χ1) is 20.5. The fourth-order valence-corrected chi connectivity index (χ4v) is 6.51. The molecule has 0 fully saturated rings. The molecule has 8 heteroatoms. The minimum absolute atomic E-state index is 0.0738. The summed E-state index contributed by atoms with van der Waals surface area (Å²) < 4.78 is 2.58. The van der Waals surface area contributed by atoms with Crippen molar-refractivity contribution in [2.75, 3.05) is 0 Å². The average Bonchev–Trinajstić information content (AvgIpc) is 3.59. The summed E-state index contributed by atoms with van der Waals surface area (Å²) >= 11 is 1.76. The van der Waals surface area contributed by atoms with Crippen LogP contribution in [-0.4, -0.2) is 26.4 Å². The Balaban J connectivity index is 1.01. The van der Waals surface area contributed by atoms with Gasteiger partial charge in [0.05, 0.1) is 20.4 Å². The highest BCUT2D eigenvalue weighted by Crippen LogP contribution is 2.29. The van der Waals surface area contributed by atoms with Crippen LogP contribution in [0.5, 0.6) is 0 Å². The molecule has 7 rings (SSSR count). The second kappa shape index (κ2) is 10.8. The van der Waals surface area contributed by atoms with E-state index in [1.54, 1.807) is 35.6 Å². The number of thiazole rings is 1. The molecular formula is C34H26N4O3S. The fourth-order valence-electron chi connectivity index (χ4n) is 5.56. The Morgan fingerprint density at radius 3 is 2.21 bits per heavy atom. The lowest BCUT2D eigenvalue weighted by Crippen LogP contribution is -2.38. The smallest absolute Gasteiger partial charge is 0.254 e. The molecule has 0 N–H and O–H groups in total. The van der Waals surface area contributed by atoms with Gasteiger partial charge in [-0.3, -0.25) is 9.59 Å². The van der Waals surface area contributed by atoms with Gasteiger partial charge in [0.25, 0.3) is 11.4 Å². The molecule has 0 bridgehead atoms. The molecule has 0 amide bonds. The van der Waals surface area contributed by atoms with E-state index >= 15 is 0 Å². The summed E-state index contributed by atoms with van der Waals surface area (Å²) in [6.45, 7) is 0.355. The quantitative estimate of drug-likeness (QED) is 0.165. The Morgan fingerprint density at radius 2 is 1.43 bits per heavy atom. The highest BCUT2D eigenvalue weighted by molar-refractivity contribution is 7.18. The largest absolute Gasteiger partial charge is 0.691 e. The van der Waals surface area contributed by atoms with E-state index in [1.165, 1.54) is 14.9 Å². The van der Waals surface area contributed by atoms with Crippen molar-refractivity contribution in [3.8, 4) is 11.1 Å². The summed E-state index contributed by atoms with van der Waals surface area (Å²) in [5.41, 5.74) is 6.18. The van der Waals surface area contributed by atoms with Crippen LogP contribution in [0.15, 0.2) is 97.1 Å². The van der Waals surface area contributed by atoms with E-state index in [2.05, 4.69) is 71.9 Å². The van der Waals surface area contributed by atoms with Gasteiger partial charge in [0.15, 0.2) is 0 Å². The molecule has 0 aliphatic heterocycles.